The highest BCUT2D eigenvalue weighted by atomic mass is 16.1. The maximum absolute atomic E-state index is 12.4. The molecule has 1 aliphatic heterocycles. The molecule has 0 atom stereocenters. The van der Waals surface area contributed by atoms with Gasteiger partial charge in [-0.25, -0.2) is 0 Å². The van der Waals surface area contributed by atoms with Gasteiger partial charge in [-0.1, -0.05) is 36.8 Å². The van der Waals surface area contributed by atoms with E-state index >= 15 is 0 Å². The number of carbonyl (C=O) groups is 1. The molecule has 4 heteroatoms. The Morgan fingerprint density at radius 3 is 2.78 bits per heavy atom. The SMILES string of the molecule is O=C(CCc1c[nH]c2ccccc12)Nc1cccc(CN2CCCCC2)c1. The van der Waals surface area contributed by atoms with Crippen LogP contribution >= 0.6 is 0 Å². The Labute approximate surface area is 160 Å². The summed E-state index contributed by atoms with van der Waals surface area (Å²) in [5.74, 6) is 0.0652. The van der Waals surface area contributed by atoms with Crippen molar-refractivity contribution in [2.75, 3.05) is 18.4 Å². The summed E-state index contributed by atoms with van der Waals surface area (Å²) < 4.78 is 0. The summed E-state index contributed by atoms with van der Waals surface area (Å²) in [6.07, 6.45) is 7.18. The van der Waals surface area contributed by atoms with Crippen LogP contribution in [0.3, 0.4) is 0 Å². The first kappa shape index (κ1) is 17.8. The lowest BCUT2D eigenvalue weighted by molar-refractivity contribution is -0.116. The molecule has 0 unspecified atom stereocenters. The number of aromatic amines is 1. The van der Waals surface area contributed by atoms with Crippen molar-refractivity contribution < 1.29 is 4.79 Å². The molecule has 0 aliphatic carbocycles. The van der Waals surface area contributed by atoms with Gasteiger partial charge in [-0.05, 0) is 61.7 Å². The van der Waals surface area contributed by atoms with Gasteiger partial charge in [-0.15, -0.1) is 0 Å². The van der Waals surface area contributed by atoms with Crippen LogP contribution in [0.2, 0.25) is 0 Å². The number of H-pyrrole nitrogens is 1. The molecule has 0 spiro atoms. The molecule has 4 nitrogen and oxygen atoms in total. The number of nitrogens with one attached hydrogen (secondary N) is 2. The number of fused-ring (bicyclic) bond motifs is 1. The minimum absolute atomic E-state index is 0.0652. The molecule has 2 aromatic carbocycles. The molecule has 1 amide bonds. The average molecular weight is 361 g/mol. The van der Waals surface area contributed by atoms with E-state index in [0.717, 1.165) is 24.2 Å². The first-order valence-electron chi connectivity index (χ1n) is 9.94. The fourth-order valence-electron chi connectivity index (χ4n) is 3.93. The van der Waals surface area contributed by atoms with Gasteiger partial charge in [0.25, 0.3) is 0 Å². The molecule has 1 saturated heterocycles. The maximum atomic E-state index is 12.4. The number of benzene rings is 2. The molecular weight excluding hydrogens is 334 g/mol. The van der Waals surface area contributed by atoms with Crippen LogP contribution in [0.1, 0.15) is 36.8 Å². The van der Waals surface area contributed by atoms with Gasteiger partial charge in [0, 0.05) is 35.8 Å². The van der Waals surface area contributed by atoms with Crippen LogP contribution in [0.5, 0.6) is 0 Å². The molecule has 4 rings (SSSR count). The van der Waals surface area contributed by atoms with Crippen molar-refractivity contribution in [2.24, 2.45) is 0 Å². The molecule has 0 bridgehead atoms. The number of aromatic nitrogens is 1. The third kappa shape index (κ3) is 4.58. The summed E-state index contributed by atoms with van der Waals surface area (Å²) in [4.78, 5) is 18.2. The molecule has 1 aliphatic rings. The highest BCUT2D eigenvalue weighted by molar-refractivity contribution is 5.91. The summed E-state index contributed by atoms with van der Waals surface area (Å²) in [6, 6.07) is 16.5. The predicted octanol–water partition coefficient (Wildman–Crippen LogP) is 4.73. The van der Waals surface area contributed by atoms with Gasteiger partial charge >= 0.3 is 0 Å². The number of hydrogen-bond donors (Lipinski definition) is 2. The minimum atomic E-state index is 0.0652. The van der Waals surface area contributed by atoms with Crippen molar-refractivity contribution in [2.45, 2.75) is 38.6 Å². The third-order valence-corrected chi connectivity index (χ3v) is 5.36. The predicted molar refractivity (Wildman–Crippen MR) is 111 cm³/mol. The van der Waals surface area contributed by atoms with Gasteiger partial charge in [-0.3, -0.25) is 9.69 Å². The Hall–Kier alpha value is -2.59. The average Bonchev–Trinajstić information content (AvgIpc) is 3.11. The van der Waals surface area contributed by atoms with E-state index in [1.807, 2.05) is 30.5 Å². The van der Waals surface area contributed by atoms with Crippen molar-refractivity contribution in [3.05, 3.63) is 65.9 Å². The van der Waals surface area contributed by atoms with Crippen LogP contribution in [0, 0.1) is 0 Å². The number of piperidine rings is 1. The quantitative estimate of drug-likeness (QED) is 0.667. The lowest BCUT2D eigenvalue weighted by Crippen LogP contribution is -2.29. The van der Waals surface area contributed by atoms with Gasteiger partial charge < -0.3 is 10.3 Å². The van der Waals surface area contributed by atoms with Gasteiger partial charge in [0.1, 0.15) is 0 Å². The molecule has 3 aromatic rings. The first-order valence-corrected chi connectivity index (χ1v) is 9.94. The van der Waals surface area contributed by atoms with Crippen LogP contribution in [0.25, 0.3) is 10.9 Å². The highest BCUT2D eigenvalue weighted by Gasteiger charge is 2.11. The minimum Gasteiger partial charge on any atom is -0.361 e. The zero-order valence-electron chi connectivity index (χ0n) is 15.7. The molecular formula is C23H27N3O. The number of para-hydroxylation sites is 1. The summed E-state index contributed by atoms with van der Waals surface area (Å²) in [5.41, 5.74) is 4.48. The van der Waals surface area contributed by atoms with E-state index in [4.69, 9.17) is 0 Å². The number of hydrogen-bond acceptors (Lipinski definition) is 2. The summed E-state index contributed by atoms with van der Waals surface area (Å²) in [6.45, 7) is 3.33. The van der Waals surface area contributed by atoms with Crippen LogP contribution in [-0.4, -0.2) is 28.9 Å². The number of likely N-dealkylation sites (tertiary alicyclic amines) is 1. The van der Waals surface area contributed by atoms with Crippen molar-refractivity contribution in [1.29, 1.82) is 0 Å². The van der Waals surface area contributed by atoms with Gasteiger partial charge in [0.05, 0.1) is 0 Å². The second-order valence-electron chi connectivity index (χ2n) is 7.44. The number of anilines is 1. The van der Waals surface area contributed by atoms with Gasteiger partial charge in [0.2, 0.25) is 5.91 Å². The number of rotatable bonds is 6. The topological polar surface area (TPSA) is 48.1 Å². The fourth-order valence-corrected chi connectivity index (χ4v) is 3.93. The highest BCUT2D eigenvalue weighted by Crippen LogP contribution is 2.20. The summed E-state index contributed by atoms with van der Waals surface area (Å²) in [5, 5.41) is 4.27. The monoisotopic (exact) mass is 361 g/mol. The van der Waals surface area contributed by atoms with Gasteiger partial charge in [-0.2, -0.15) is 0 Å². The molecule has 2 N–H and O–H groups in total. The smallest absolute Gasteiger partial charge is 0.224 e. The second-order valence-corrected chi connectivity index (χ2v) is 7.44. The normalized spacial score (nSPS) is 15.1. The lowest BCUT2D eigenvalue weighted by atomic mass is 10.1. The van der Waals surface area contributed by atoms with Crippen LogP contribution in [0.15, 0.2) is 54.7 Å². The van der Waals surface area contributed by atoms with E-state index in [9.17, 15) is 4.79 Å². The summed E-state index contributed by atoms with van der Waals surface area (Å²) in [7, 11) is 0. The number of aryl methyl sites for hydroxylation is 1. The van der Waals surface area contributed by atoms with E-state index in [2.05, 4.69) is 39.5 Å². The zero-order valence-corrected chi connectivity index (χ0v) is 15.7. The molecule has 1 aromatic heterocycles. The van der Waals surface area contributed by atoms with E-state index in [-0.39, 0.29) is 5.91 Å². The van der Waals surface area contributed by atoms with E-state index < -0.39 is 0 Å². The molecule has 140 valence electrons. The van der Waals surface area contributed by atoms with Crippen molar-refractivity contribution >= 4 is 22.5 Å². The number of nitrogens with zero attached hydrogens (tertiary/aromatic N) is 1. The Kier molecular flexibility index (Phi) is 5.54. The number of carbonyl (C=O) groups excluding carboxylic acids is 1. The lowest BCUT2D eigenvalue weighted by Gasteiger charge is -2.26. The molecule has 0 radical (unpaired) electrons. The Bertz CT molecular complexity index is 909. The Morgan fingerprint density at radius 2 is 1.89 bits per heavy atom. The molecule has 2 heterocycles. The standard InChI is InChI=1S/C23H27N3O/c27-23(12-11-19-16-24-22-10-3-2-9-21(19)22)25-20-8-6-7-18(15-20)17-26-13-4-1-5-14-26/h2-3,6-10,15-16,24H,1,4-5,11-14,17H2,(H,25,27). The number of amides is 1. The van der Waals surface area contributed by atoms with Crippen molar-refractivity contribution in [1.82, 2.24) is 9.88 Å². The molecule has 1 fully saturated rings. The zero-order chi connectivity index (χ0) is 18.5. The van der Waals surface area contributed by atoms with Crippen LogP contribution < -0.4 is 5.32 Å². The molecule has 27 heavy (non-hydrogen) atoms. The van der Waals surface area contributed by atoms with E-state index in [1.54, 1.807) is 0 Å². The van der Waals surface area contributed by atoms with E-state index in [0.29, 0.717) is 6.42 Å². The fraction of sp³-hybridized carbons (Fsp3) is 0.348. The maximum Gasteiger partial charge on any atom is 0.224 e. The van der Waals surface area contributed by atoms with Crippen LogP contribution in [-0.2, 0) is 17.8 Å². The molecule has 0 saturated carbocycles. The summed E-state index contributed by atoms with van der Waals surface area (Å²) >= 11 is 0. The van der Waals surface area contributed by atoms with E-state index in [1.165, 1.54) is 48.9 Å². The van der Waals surface area contributed by atoms with Crippen molar-refractivity contribution in [3.63, 3.8) is 0 Å². The Morgan fingerprint density at radius 1 is 1.04 bits per heavy atom. The van der Waals surface area contributed by atoms with Gasteiger partial charge in [0.15, 0.2) is 0 Å². The van der Waals surface area contributed by atoms with Crippen LogP contribution in [0.4, 0.5) is 5.69 Å². The third-order valence-electron chi connectivity index (χ3n) is 5.36. The van der Waals surface area contributed by atoms with Crippen molar-refractivity contribution in [3.8, 4) is 0 Å². The first-order chi connectivity index (χ1) is 13.3. The largest absolute Gasteiger partial charge is 0.361 e. The second kappa shape index (κ2) is 8.40. The Balaban J connectivity index is 1.33.